The summed E-state index contributed by atoms with van der Waals surface area (Å²) in [6, 6.07) is 10.5. The van der Waals surface area contributed by atoms with E-state index in [-0.39, 0.29) is 18.3 Å². The van der Waals surface area contributed by atoms with E-state index in [0.717, 1.165) is 10.5 Å². The highest BCUT2D eigenvalue weighted by Crippen LogP contribution is 2.33. The molecule has 0 unspecified atom stereocenters. The van der Waals surface area contributed by atoms with Crippen LogP contribution in [0.1, 0.15) is 36.2 Å². The van der Waals surface area contributed by atoms with Gasteiger partial charge < -0.3 is 15.1 Å². The van der Waals surface area contributed by atoms with Crippen molar-refractivity contribution < 1.29 is 19.1 Å². The zero-order valence-electron chi connectivity index (χ0n) is 21.3. The zero-order chi connectivity index (χ0) is 26.9. The number of urea groups is 1. The van der Waals surface area contributed by atoms with Crippen LogP contribution in [0.15, 0.2) is 54.9 Å². The Labute approximate surface area is 215 Å². The van der Waals surface area contributed by atoms with Crippen LogP contribution in [0, 0.1) is 18.0 Å². The minimum Gasteiger partial charge on any atom is -0.710 e. The number of carbonyl (C=O) groups is 3. The number of β-lactam (4-membered cyclic amide) rings is 1. The number of imide groups is 1. The number of anilines is 2. The summed E-state index contributed by atoms with van der Waals surface area (Å²) in [5.41, 5.74) is 7.73. The van der Waals surface area contributed by atoms with Crippen molar-refractivity contribution >= 4 is 29.6 Å². The second kappa shape index (κ2) is 10.3. The fourth-order valence-electron chi connectivity index (χ4n) is 4.75. The van der Waals surface area contributed by atoms with Gasteiger partial charge in [-0.1, -0.05) is 37.3 Å². The number of amides is 4. The third kappa shape index (κ3) is 4.84. The number of aromatic nitrogens is 3. The van der Waals surface area contributed by atoms with Crippen molar-refractivity contribution in [2.45, 2.75) is 38.8 Å². The number of hydrogen-bond acceptors (Lipinski definition) is 6. The van der Waals surface area contributed by atoms with E-state index in [4.69, 9.17) is 5.73 Å². The Bertz CT molecular complexity index is 1300. The Morgan fingerprint density at radius 1 is 1.27 bits per heavy atom. The molecule has 11 nitrogen and oxygen atoms in total. The van der Waals surface area contributed by atoms with Crippen molar-refractivity contribution in [3.63, 3.8) is 0 Å². The first kappa shape index (κ1) is 25.7. The first-order valence-corrected chi connectivity index (χ1v) is 12.1. The number of nitrogen functional groups attached to an aromatic ring is 1. The molecule has 3 atom stereocenters. The van der Waals surface area contributed by atoms with E-state index in [9.17, 15) is 19.6 Å². The average Bonchev–Trinajstić information content (AvgIpc) is 3.32. The lowest BCUT2D eigenvalue weighted by Crippen LogP contribution is -2.70. The largest absolute Gasteiger partial charge is 0.710 e. The monoisotopic (exact) mass is 505 g/mol. The molecule has 0 aliphatic carbocycles. The summed E-state index contributed by atoms with van der Waals surface area (Å²) >= 11 is 0. The van der Waals surface area contributed by atoms with Gasteiger partial charge >= 0.3 is 6.03 Å². The highest BCUT2D eigenvalue weighted by atomic mass is 16.5. The van der Waals surface area contributed by atoms with Gasteiger partial charge in [-0.05, 0) is 37.0 Å². The van der Waals surface area contributed by atoms with Crippen molar-refractivity contribution in [1.82, 2.24) is 19.8 Å². The molecule has 1 saturated heterocycles. The highest BCUT2D eigenvalue weighted by Gasteiger charge is 2.55. The number of hydrogen-bond donors (Lipinski definition) is 2. The summed E-state index contributed by atoms with van der Waals surface area (Å²) in [5, 5.41) is 14.9. The summed E-state index contributed by atoms with van der Waals surface area (Å²) in [6.45, 7) is 3.54. The summed E-state index contributed by atoms with van der Waals surface area (Å²) < 4.78 is 2.27. The number of nitrogens with one attached hydrogen (secondary N) is 1. The molecule has 1 aliphatic heterocycles. The van der Waals surface area contributed by atoms with Crippen LogP contribution >= 0.6 is 0 Å². The number of likely N-dealkylation sites (tertiary alicyclic amines) is 1. The number of pyridine rings is 1. The van der Waals surface area contributed by atoms with Gasteiger partial charge in [0.15, 0.2) is 0 Å². The van der Waals surface area contributed by atoms with Crippen LogP contribution in [-0.4, -0.2) is 45.4 Å². The first-order valence-electron chi connectivity index (χ1n) is 12.1. The van der Waals surface area contributed by atoms with Gasteiger partial charge in [-0.2, -0.15) is 0 Å². The van der Waals surface area contributed by atoms with Crippen molar-refractivity contribution in [3.05, 3.63) is 76.9 Å². The number of carbonyl (C=O) groups excluding carboxylic acids is 3. The Hall–Kier alpha value is -4.41. The minimum absolute atomic E-state index is 0.00183. The minimum atomic E-state index is -1.05. The summed E-state index contributed by atoms with van der Waals surface area (Å²) in [5.74, 6) is -1.34. The molecule has 0 bridgehead atoms. The SMILES string of the molecule is CC[C@@H](NC(=O)N1C(=O)[C@H](Cc2cc(C)[n+]([O-])c(N)c2)[C@H]1C(=O)N(C)c1nccn1C)c1ccccc1. The van der Waals surface area contributed by atoms with E-state index in [1.54, 1.807) is 44.0 Å². The van der Waals surface area contributed by atoms with Crippen LogP contribution < -0.4 is 20.7 Å². The molecule has 2 aromatic heterocycles. The topological polar surface area (TPSA) is 140 Å². The number of rotatable bonds is 7. The van der Waals surface area contributed by atoms with E-state index in [1.165, 1.54) is 11.0 Å². The molecule has 3 heterocycles. The molecule has 4 rings (SSSR count). The molecule has 0 saturated carbocycles. The number of nitrogens with zero attached hydrogens (tertiary/aromatic N) is 5. The van der Waals surface area contributed by atoms with Crippen LogP contribution in [0.5, 0.6) is 0 Å². The van der Waals surface area contributed by atoms with Crippen LogP contribution in [-0.2, 0) is 23.1 Å². The smallest absolute Gasteiger partial charge is 0.325 e. The van der Waals surface area contributed by atoms with Crippen molar-refractivity contribution in [3.8, 4) is 0 Å². The fourth-order valence-corrected chi connectivity index (χ4v) is 4.75. The van der Waals surface area contributed by atoms with Gasteiger partial charge in [0.25, 0.3) is 11.7 Å². The van der Waals surface area contributed by atoms with Crippen LogP contribution in [0.25, 0.3) is 0 Å². The molecular weight excluding hydrogens is 474 g/mol. The number of likely N-dealkylation sites (N-methyl/N-ethyl adjacent to an activating group) is 1. The third-order valence-electron chi connectivity index (χ3n) is 6.76. The normalized spacial score (nSPS) is 17.7. The molecule has 1 fully saturated rings. The predicted molar refractivity (Wildman–Crippen MR) is 137 cm³/mol. The van der Waals surface area contributed by atoms with Gasteiger partial charge in [0.2, 0.25) is 11.9 Å². The number of nitrogens with two attached hydrogens (primary N) is 1. The van der Waals surface area contributed by atoms with Gasteiger partial charge in [-0.25, -0.2) is 14.5 Å². The standard InChI is InChI=1S/C26H31N7O4/c1-5-20(18-9-7-6-8-10-18)29-26(36)32-22(24(35)31(4)25-28-11-12-30(25)3)19(23(32)34)14-17-13-16(2)33(37)21(27)15-17/h6-13,15,19-20,22H,5,14,27H2,1-4H3,(H,29,36)/t19-,20-,22+/m1/s1. The predicted octanol–water partition coefficient (Wildman–Crippen LogP) is 1.84. The lowest BCUT2D eigenvalue weighted by Gasteiger charge is -2.45. The van der Waals surface area contributed by atoms with Gasteiger partial charge in [0, 0.05) is 32.6 Å². The molecule has 1 aliphatic rings. The van der Waals surface area contributed by atoms with E-state index in [0.29, 0.717) is 28.4 Å². The van der Waals surface area contributed by atoms with Crippen LogP contribution in [0.2, 0.25) is 0 Å². The maximum absolute atomic E-state index is 13.7. The van der Waals surface area contributed by atoms with Crippen LogP contribution in [0.3, 0.4) is 0 Å². The Kier molecular flexibility index (Phi) is 7.14. The highest BCUT2D eigenvalue weighted by molar-refractivity contribution is 6.12. The van der Waals surface area contributed by atoms with Crippen molar-refractivity contribution in [1.29, 1.82) is 0 Å². The molecule has 0 spiro atoms. The van der Waals surface area contributed by atoms with Crippen molar-refractivity contribution in [2.24, 2.45) is 13.0 Å². The molecule has 3 aromatic rings. The number of imidazole rings is 1. The Morgan fingerprint density at radius 2 is 1.97 bits per heavy atom. The fraction of sp³-hybridized carbons (Fsp3) is 0.346. The summed E-state index contributed by atoms with van der Waals surface area (Å²) in [6.07, 6.45) is 4.01. The van der Waals surface area contributed by atoms with E-state index in [1.807, 2.05) is 37.3 Å². The van der Waals surface area contributed by atoms with Gasteiger partial charge in [0.05, 0.1) is 12.0 Å². The van der Waals surface area contributed by atoms with E-state index < -0.39 is 29.8 Å². The molecule has 194 valence electrons. The average molecular weight is 506 g/mol. The second-order valence-corrected chi connectivity index (χ2v) is 9.24. The zero-order valence-corrected chi connectivity index (χ0v) is 21.3. The Balaban J connectivity index is 1.63. The molecule has 37 heavy (non-hydrogen) atoms. The number of aryl methyl sites for hydroxylation is 2. The van der Waals surface area contributed by atoms with Crippen LogP contribution in [0.4, 0.5) is 16.6 Å². The van der Waals surface area contributed by atoms with E-state index in [2.05, 4.69) is 10.3 Å². The van der Waals surface area contributed by atoms with Gasteiger partial charge in [0.1, 0.15) is 11.7 Å². The maximum Gasteiger partial charge on any atom is 0.325 e. The first-order chi connectivity index (χ1) is 17.6. The summed E-state index contributed by atoms with van der Waals surface area (Å²) in [7, 11) is 3.31. The molecule has 0 radical (unpaired) electrons. The third-order valence-corrected chi connectivity index (χ3v) is 6.76. The quantitative estimate of drug-likeness (QED) is 0.285. The Morgan fingerprint density at radius 3 is 2.57 bits per heavy atom. The lowest BCUT2D eigenvalue weighted by molar-refractivity contribution is -0.597. The molecule has 4 amide bonds. The molecule has 11 heteroatoms. The molecule has 3 N–H and O–H groups in total. The molecule has 1 aromatic carbocycles. The second-order valence-electron chi connectivity index (χ2n) is 9.24. The lowest BCUT2D eigenvalue weighted by atomic mass is 9.81. The van der Waals surface area contributed by atoms with E-state index >= 15 is 0 Å². The summed E-state index contributed by atoms with van der Waals surface area (Å²) in [4.78, 5) is 46.9. The molecular formula is C26H31N7O4. The maximum atomic E-state index is 13.7. The number of benzene rings is 1. The van der Waals surface area contributed by atoms with Gasteiger partial charge in [-0.3, -0.25) is 25.1 Å². The van der Waals surface area contributed by atoms with Crippen molar-refractivity contribution in [2.75, 3.05) is 17.7 Å². The van der Waals surface area contributed by atoms with Gasteiger partial charge in [-0.15, -0.1) is 0 Å².